The molecule has 2 rings (SSSR count). The maximum Gasteiger partial charge on any atom is 0.0472 e. The number of hydrogen-bond donors (Lipinski definition) is 1. The van der Waals surface area contributed by atoms with E-state index in [1.165, 1.54) is 42.5 Å². The monoisotopic (exact) mass is 279 g/mol. The van der Waals surface area contributed by atoms with Gasteiger partial charge in [-0.25, -0.2) is 0 Å². The molecule has 1 aromatic rings. The van der Waals surface area contributed by atoms with Gasteiger partial charge in [-0.3, -0.25) is 0 Å². The van der Waals surface area contributed by atoms with E-state index in [-0.39, 0.29) is 0 Å². The first-order valence-corrected chi connectivity index (χ1v) is 8.54. The van der Waals surface area contributed by atoms with E-state index in [1.807, 2.05) is 11.3 Å². The quantitative estimate of drug-likeness (QED) is 0.778. The highest BCUT2D eigenvalue weighted by molar-refractivity contribution is 7.12. The Bertz CT molecular complexity index is 413. The topological polar surface area (TPSA) is 12.0 Å². The van der Waals surface area contributed by atoms with Crippen LogP contribution in [0, 0.1) is 25.2 Å². The van der Waals surface area contributed by atoms with Crippen molar-refractivity contribution in [1.82, 2.24) is 5.32 Å². The first-order valence-electron chi connectivity index (χ1n) is 7.73. The van der Waals surface area contributed by atoms with Crippen LogP contribution in [-0.2, 0) is 0 Å². The third-order valence-electron chi connectivity index (χ3n) is 4.66. The van der Waals surface area contributed by atoms with Gasteiger partial charge in [0.1, 0.15) is 0 Å². The van der Waals surface area contributed by atoms with Crippen LogP contribution in [-0.4, -0.2) is 7.05 Å². The molecule has 1 fully saturated rings. The molecule has 0 aliphatic heterocycles. The molecule has 19 heavy (non-hydrogen) atoms. The summed E-state index contributed by atoms with van der Waals surface area (Å²) in [5.74, 6) is 0.787. The summed E-state index contributed by atoms with van der Waals surface area (Å²) in [5.41, 5.74) is 1.97. The Morgan fingerprint density at radius 1 is 1.26 bits per heavy atom. The van der Waals surface area contributed by atoms with Gasteiger partial charge >= 0.3 is 0 Å². The molecule has 0 saturated heterocycles. The van der Waals surface area contributed by atoms with Gasteiger partial charge in [0.05, 0.1) is 0 Å². The standard InChI is InChI=1S/C17H29NS/c1-12(2)11-17(8-6-7-9-17)16(18-5)15-13(3)10-14(4)19-15/h10,12,16,18H,6-9,11H2,1-5H3. The highest BCUT2D eigenvalue weighted by atomic mass is 32.1. The van der Waals surface area contributed by atoms with Crippen molar-refractivity contribution < 1.29 is 0 Å². The summed E-state index contributed by atoms with van der Waals surface area (Å²) in [7, 11) is 2.15. The van der Waals surface area contributed by atoms with E-state index >= 15 is 0 Å². The predicted octanol–water partition coefficient (Wildman–Crippen LogP) is 5.23. The molecule has 0 bridgehead atoms. The third-order valence-corrected chi connectivity index (χ3v) is 5.87. The minimum absolute atomic E-state index is 0.491. The lowest BCUT2D eigenvalue weighted by atomic mass is 9.71. The number of thiophene rings is 1. The van der Waals surface area contributed by atoms with Crippen LogP contribution in [0.1, 0.15) is 67.3 Å². The van der Waals surface area contributed by atoms with Gasteiger partial charge in [0.25, 0.3) is 0 Å². The molecule has 1 atom stereocenters. The summed E-state index contributed by atoms with van der Waals surface area (Å²) in [6.07, 6.45) is 6.97. The second-order valence-corrected chi connectivity index (χ2v) is 8.08. The van der Waals surface area contributed by atoms with E-state index in [9.17, 15) is 0 Å². The molecule has 0 radical (unpaired) electrons. The number of hydrogen-bond acceptors (Lipinski definition) is 2. The van der Waals surface area contributed by atoms with E-state index in [0.29, 0.717) is 11.5 Å². The molecule has 1 aliphatic rings. The highest BCUT2D eigenvalue weighted by Gasteiger charge is 2.42. The van der Waals surface area contributed by atoms with E-state index in [0.717, 1.165) is 5.92 Å². The second-order valence-electron chi connectivity index (χ2n) is 6.79. The molecule has 1 unspecified atom stereocenters. The van der Waals surface area contributed by atoms with Gasteiger partial charge in [0.2, 0.25) is 0 Å². The fourth-order valence-corrected chi connectivity index (χ4v) is 5.45. The number of nitrogens with one attached hydrogen (secondary N) is 1. The van der Waals surface area contributed by atoms with Crippen LogP contribution >= 0.6 is 11.3 Å². The Hall–Kier alpha value is -0.340. The molecule has 1 N–H and O–H groups in total. The van der Waals surface area contributed by atoms with Gasteiger partial charge in [0, 0.05) is 15.8 Å². The molecule has 0 spiro atoms. The fraction of sp³-hybridized carbons (Fsp3) is 0.765. The van der Waals surface area contributed by atoms with Gasteiger partial charge in [0.15, 0.2) is 0 Å². The zero-order chi connectivity index (χ0) is 14.0. The van der Waals surface area contributed by atoms with Crippen molar-refractivity contribution in [2.45, 2.75) is 65.8 Å². The first kappa shape index (κ1) is 15.1. The lowest BCUT2D eigenvalue weighted by Crippen LogP contribution is -2.35. The summed E-state index contributed by atoms with van der Waals surface area (Å²) in [5, 5.41) is 3.67. The molecule has 1 saturated carbocycles. The SMILES string of the molecule is CNC(c1sc(C)cc1C)C1(CC(C)C)CCCC1. The average molecular weight is 279 g/mol. The third kappa shape index (κ3) is 3.05. The molecule has 1 aromatic heterocycles. The highest BCUT2D eigenvalue weighted by Crippen LogP contribution is 2.53. The van der Waals surface area contributed by atoms with Crippen LogP contribution < -0.4 is 5.32 Å². The largest absolute Gasteiger partial charge is 0.312 e. The van der Waals surface area contributed by atoms with E-state index < -0.39 is 0 Å². The van der Waals surface area contributed by atoms with Gasteiger partial charge < -0.3 is 5.32 Å². The molecule has 0 aromatic carbocycles. The molecule has 2 heteroatoms. The van der Waals surface area contributed by atoms with Gasteiger partial charge in [-0.05, 0) is 63.1 Å². The zero-order valence-electron chi connectivity index (χ0n) is 13.2. The molecule has 108 valence electrons. The fourth-order valence-electron chi connectivity index (χ4n) is 4.16. The van der Waals surface area contributed by atoms with E-state index in [2.05, 4.69) is 46.1 Å². The Balaban J connectivity index is 2.35. The van der Waals surface area contributed by atoms with Gasteiger partial charge in [-0.2, -0.15) is 0 Å². The van der Waals surface area contributed by atoms with Crippen molar-refractivity contribution >= 4 is 11.3 Å². The zero-order valence-corrected chi connectivity index (χ0v) is 14.0. The average Bonchev–Trinajstić information content (AvgIpc) is 2.88. The molecule has 1 nitrogen and oxygen atoms in total. The summed E-state index contributed by atoms with van der Waals surface area (Å²) >= 11 is 2.00. The van der Waals surface area contributed by atoms with E-state index in [4.69, 9.17) is 0 Å². The van der Waals surface area contributed by atoms with Crippen LogP contribution in [0.2, 0.25) is 0 Å². The van der Waals surface area contributed by atoms with Crippen LogP contribution in [0.5, 0.6) is 0 Å². The Labute approximate surface area is 122 Å². The molecule has 1 heterocycles. The smallest absolute Gasteiger partial charge is 0.0472 e. The van der Waals surface area contributed by atoms with Crippen molar-refractivity contribution in [3.8, 4) is 0 Å². The van der Waals surface area contributed by atoms with Crippen molar-refractivity contribution in [2.75, 3.05) is 7.05 Å². The van der Waals surface area contributed by atoms with Gasteiger partial charge in [-0.1, -0.05) is 26.7 Å². The summed E-state index contributed by atoms with van der Waals surface area (Å²) in [6.45, 7) is 9.26. The van der Waals surface area contributed by atoms with Crippen LogP contribution in [0.3, 0.4) is 0 Å². The molecular formula is C17H29NS. The minimum atomic E-state index is 0.491. The minimum Gasteiger partial charge on any atom is -0.312 e. The van der Waals surface area contributed by atoms with Crippen LogP contribution in [0.25, 0.3) is 0 Å². The van der Waals surface area contributed by atoms with E-state index in [1.54, 1.807) is 4.88 Å². The van der Waals surface area contributed by atoms with Crippen molar-refractivity contribution in [3.63, 3.8) is 0 Å². The second kappa shape index (κ2) is 5.97. The molecular weight excluding hydrogens is 250 g/mol. The molecule has 0 amide bonds. The maximum absolute atomic E-state index is 3.67. The Morgan fingerprint density at radius 2 is 1.89 bits per heavy atom. The normalized spacial score (nSPS) is 20.1. The summed E-state index contributed by atoms with van der Waals surface area (Å²) in [4.78, 5) is 3.04. The van der Waals surface area contributed by atoms with Crippen LogP contribution in [0.15, 0.2) is 6.07 Å². The maximum atomic E-state index is 3.67. The lowest BCUT2D eigenvalue weighted by molar-refractivity contribution is 0.163. The Kier molecular flexibility index (Phi) is 4.73. The Morgan fingerprint density at radius 3 is 2.32 bits per heavy atom. The first-order chi connectivity index (χ1) is 8.98. The van der Waals surface area contributed by atoms with Gasteiger partial charge in [-0.15, -0.1) is 11.3 Å². The van der Waals surface area contributed by atoms with Crippen molar-refractivity contribution in [2.24, 2.45) is 11.3 Å². The number of aryl methyl sites for hydroxylation is 2. The predicted molar refractivity (Wildman–Crippen MR) is 85.9 cm³/mol. The summed E-state index contributed by atoms with van der Waals surface area (Å²) < 4.78 is 0. The van der Waals surface area contributed by atoms with Crippen molar-refractivity contribution in [3.05, 3.63) is 21.4 Å². The summed E-state index contributed by atoms with van der Waals surface area (Å²) in [6, 6.07) is 2.90. The lowest BCUT2D eigenvalue weighted by Gasteiger charge is -2.39. The number of rotatable bonds is 5. The molecule has 1 aliphatic carbocycles. The van der Waals surface area contributed by atoms with Crippen LogP contribution in [0.4, 0.5) is 0 Å². The van der Waals surface area contributed by atoms with Crippen molar-refractivity contribution in [1.29, 1.82) is 0 Å².